The lowest BCUT2D eigenvalue weighted by molar-refractivity contribution is -0.0100. The van der Waals surface area contributed by atoms with Crippen molar-refractivity contribution in [3.8, 4) is 0 Å². The molecular weight excluding hydrogens is 200 g/mol. The van der Waals surface area contributed by atoms with E-state index in [4.69, 9.17) is 4.74 Å². The highest BCUT2D eigenvalue weighted by Gasteiger charge is 2.27. The summed E-state index contributed by atoms with van der Waals surface area (Å²) in [6, 6.07) is 1.27. The molecule has 3 heteroatoms. The molecule has 2 unspecified atom stereocenters. The summed E-state index contributed by atoms with van der Waals surface area (Å²) in [4.78, 5) is 2.59. The lowest BCUT2D eigenvalue weighted by Gasteiger charge is -2.39. The van der Waals surface area contributed by atoms with Crippen LogP contribution >= 0.6 is 0 Å². The van der Waals surface area contributed by atoms with Crippen molar-refractivity contribution < 1.29 is 4.74 Å². The van der Waals surface area contributed by atoms with E-state index in [0.29, 0.717) is 12.1 Å². The van der Waals surface area contributed by atoms with Gasteiger partial charge in [0.05, 0.1) is 5.60 Å². The average molecular weight is 228 g/mol. The van der Waals surface area contributed by atoms with Gasteiger partial charge in [0.15, 0.2) is 0 Å². The zero-order valence-electron chi connectivity index (χ0n) is 11.5. The number of piperidine rings is 1. The van der Waals surface area contributed by atoms with Gasteiger partial charge in [0, 0.05) is 25.7 Å². The molecule has 1 fully saturated rings. The second-order valence-electron chi connectivity index (χ2n) is 5.64. The number of methoxy groups -OCH3 is 1. The summed E-state index contributed by atoms with van der Waals surface area (Å²) in [6.45, 7) is 9.07. The molecule has 1 saturated heterocycles. The Kier molecular flexibility index (Phi) is 5.22. The summed E-state index contributed by atoms with van der Waals surface area (Å²) in [5.74, 6) is 0. The van der Waals surface area contributed by atoms with E-state index in [0.717, 1.165) is 6.42 Å². The summed E-state index contributed by atoms with van der Waals surface area (Å²) in [6.07, 6.45) is 3.72. The minimum absolute atomic E-state index is 0.00793. The molecule has 0 aromatic carbocycles. The maximum absolute atomic E-state index is 5.51. The first kappa shape index (κ1) is 13.9. The van der Waals surface area contributed by atoms with Crippen molar-refractivity contribution in [1.29, 1.82) is 0 Å². The molecule has 1 aliphatic rings. The number of nitrogens with one attached hydrogen (secondary N) is 1. The van der Waals surface area contributed by atoms with Crippen molar-refractivity contribution in [2.24, 2.45) is 0 Å². The van der Waals surface area contributed by atoms with Crippen LogP contribution in [-0.2, 0) is 4.74 Å². The molecule has 1 rings (SSSR count). The Bertz CT molecular complexity index is 206. The summed E-state index contributed by atoms with van der Waals surface area (Å²) in [5.41, 5.74) is -0.00793. The molecule has 0 bridgehead atoms. The van der Waals surface area contributed by atoms with Crippen LogP contribution in [0, 0.1) is 0 Å². The first-order valence-corrected chi connectivity index (χ1v) is 6.45. The van der Waals surface area contributed by atoms with Crippen molar-refractivity contribution in [3.05, 3.63) is 0 Å². The molecule has 1 N–H and O–H groups in total. The van der Waals surface area contributed by atoms with Crippen molar-refractivity contribution in [1.82, 2.24) is 10.2 Å². The quantitative estimate of drug-likeness (QED) is 0.777. The fraction of sp³-hybridized carbons (Fsp3) is 1.00. The number of likely N-dealkylation sites (tertiary alicyclic amines) is 1. The van der Waals surface area contributed by atoms with Crippen molar-refractivity contribution in [2.45, 2.75) is 57.7 Å². The second-order valence-corrected chi connectivity index (χ2v) is 5.64. The molecule has 1 aliphatic heterocycles. The molecule has 16 heavy (non-hydrogen) atoms. The number of hydrogen-bond acceptors (Lipinski definition) is 3. The molecule has 0 aromatic heterocycles. The molecule has 0 saturated carbocycles. The van der Waals surface area contributed by atoms with Gasteiger partial charge in [-0.05, 0) is 53.6 Å². The Morgan fingerprint density at radius 1 is 1.50 bits per heavy atom. The van der Waals surface area contributed by atoms with Crippen LogP contribution in [0.3, 0.4) is 0 Å². The summed E-state index contributed by atoms with van der Waals surface area (Å²) in [5, 5.41) is 3.39. The van der Waals surface area contributed by atoms with Crippen molar-refractivity contribution in [3.63, 3.8) is 0 Å². The number of rotatable bonds is 5. The van der Waals surface area contributed by atoms with Gasteiger partial charge in [-0.3, -0.25) is 4.90 Å². The summed E-state index contributed by atoms with van der Waals surface area (Å²) >= 11 is 0. The predicted molar refractivity (Wildman–Crippen MR) is 68.8 cm³/mol. The largest absolute Gasteiger partial charge is 0.379 e. The molecule has 3 nitrogen and oxygen atoms in total. The van der Waals surface area contributed by atoms with E-state index in [9.17, 15) is 0 Å². The summed E-state index contributed by atoms with van der Waals surface area (Å²) < 4.78 is 5.51. The van der Waals surface area contributed by atoms with E-state index in [1.54, 1.807) is 7.11 Å². The fourth-order valence-electron chi connectivity index (χ4n) is 2.57. The molecule has 2 atom stereocenters. The summed E-state index contributed by atoms with van der Waals surface area (Å²) in [7, 11) is 3.87. The molecular formula is C13H28N2O. The standard InChI is InChI=1S/C13H28N2O/c1-11(9-13(2,3)16-5)15-8-6-7-12(10-15)14-4/h11-12,14H,6-10H2,1-5H3. The van der Waals surface area contributed by atoms with Gasteiger partial charge in [0.2, 0.25) is 0 Å². The van der Waals surface area contributed by atoms with Gasteiger partial charge in [-0.1, -0.05) is 0 Å². The number of likely N-dealkylation sites (N-methyl/N-ethyl adjacent to an activating group) is 1. The normalized spacial score (nSPS) is 25.7. The Morgan fingerprint density at radius 3 is 2.75 bits per heavy atom. The second kappa shape index (κ2) is 5.99. The lowest BCUT2D eigenvalue weighted by atomic mass is 9.96. The molecule has 0 spiro atoms. The maximum atomic E-state index is 5.51. The molecule has 0 aromatic rings. The number of hydrogen-bond donors (Lipinski definition) is 1. The van der Waals surface area contributed by atoms with Crippen LogP contribution in [0.15, 0.2) is 0 Å². The van der Waals surface area contributed by atoms with E-state index in [-0.39, 0.29) is 5.60 Å². The van der Waals surface area contributed by atoms with Crippen molar-refractivity contribution >= 4 is 0 Å². The Balaban J connectivity index is 2.44. The van der Waals surface area contributed by atoms with Crippen LogP contribution in [0.1, 0.15) is 40.0 Å². The van der Waals surface area contributed by atoms with Gasteiger partial charge >= 0.3 is 0 Å². The lowest BCUT2D eigenvalue weighted by Crippen LogP contribution is -2.49. The van der Waals surface area contributed by atoms with Crippen LogP contribution in [-0.4, -0.2) is 49.8 Å². The molecule has 0 radical (unpaired) electrons. The Hall–Kier alpha value is -0.120. The zero-order valence-corrected chi connectivity index (χ0v) is 11.5. The van der Waals surface area contributed by atoms with Crippen LogP contribution in [0.4, 0.5) is 0 Å². The minimum Gasteiger partial charge on any atom is -0.379 e. The third-order valence-corrected chi connectivity index (χ3v) is 3.82. The highest BCUT2D eigenvalue weighted by atomic mass is 16.5. The Labute approximate surface area is 101 Å². The predicted octanol–water partition coefficient (Wildman–Crippen LogP) is 1.87. The average Bonchev–Trinajstić information content (AvgIpc) is 2.28. The number of ether oxygens (including phenoxy) is 1. The van der Waals surface area contributed by atoms with Gasteiger partial charge < -0.3 is 10.1 Å². The van der Waals surface area contributed by atoms with E-state index in [1.807, 2.05) is 0 Å². The van der Waals surface area contributed by atoms with E-state index in [2.05, 4.69) is 38.0 Å². The monoisotopic (exact) mass is 228 g/mol. The SMILES string of the molecule is CNC1CCCN(C(C)CC(C)(C)OC)C1. The molecule has 0 aliphatic carbocycles. The minimum atomic E-state index is -0.00793. The van der Waals surface area contributed by atoms with Gasteiger partial charge in [-0.25, -0.2) is 0 Å². The first-order chi connectivity index (χ1) is 7.48. The van der Waals surface area contributed by atoms with Crippen LogP contribution in [0.2, 0.25) is 0 Å². The highest BCUT2D eigenvalue weighted by molar-refractivity contribution is 4.83. The van der Waals surface area contributed by atoms with E-state index < -0.39 is 0 Å². The van der Waals surface area contributed by atoms with Gasteiger partial charge in [0.1, 0.15) is 0 Å². The van der Waals surface area contributed by atoms with E-state index in [1.165, 1.54) is 25.9 Å². The molecule has 1 heterocycles. The molecule has 96 valence electrons. The number of nitrogens with zero attached hydrogens (tertiary/aromatic N) is 1. The van der Waals surface area contributed by atoms with E-state index >= 15 is 0 Å². The van der Waals surface area contributed by atoms with Crippen LogP contribution in [0.25, 0.3) is 0 Å². The highest BCUT2D eigenvalue weighted by Crippen LogP contribution is 2.21. The zero-order chi connectivity index (χ0) is 12.2. The van der Waals surface area contributed by atoms with Gasteiger partial charge in [-0.15, -0.1) is 0 Å². The topological polar surface area (TPSA) is 24.5 Å². The fourth-order valence-corrected chi connectivity index (χ4v) is 2.57. The van der Waals surface area contributed by atoms with Gasteiger partial charge in [-0.2, -0.15) is 0 Å². The third kappa shape index (κ3) is 4.04. The van der Waals surface area contributed by atoms with Crippen LogP contribution < -0.4 is 5.32 Å². The maximum Gasteiger partial charge on any atom is 0.0637 e. The Morgan fingerprint density at radius 2 is 2.19 bits per heavy atom. The van der Waals surface area contributed by atoms with Gasteiger partial charge in [0.25, 0.3) is 0 Å². The first-order valence-electron chi connectivity index (χ1n) is 6.45. The molecule has 0 amide bonds. The van der Waals surface area contributed by atoms with Crippen LogP contribution in [0.5, 0.6) is 0 Å². The smallest absolute Gasteiger partial charge is 0.0637 e. The third-order valence-electron chi connectivity index (χ3n) is 3.82. The van der Waals surface area contributed by atoms with Crippen molar-refractivity contribution in [2.75, 3.05) is 27.2 Å².